The van der Waals surface area contributed by atoms with Crippen molar-refractivity contribution < 1.29 is 36.6 Å². The van der Waals surface area contributed by atoms with E-state index in [2.05, 4.69) is 4.74 Å². The highest BCUT2D eigenvalue weighted by Crippen LogP contribution is 2.32. The number of ether oxygens (including phenoxy) is 1. The number of hydrogen-bond donors (Lipinski definition) is 1. The number of carboxylic acid groups (broad SMARTS) is 1. The molecule has 1 aromatic rings. The summed E-state index contributed by atoms with van der Waals surface area (Å²) in [5.41, 5.74) is -1.21. The van der Waals surface area contributed by atoms with Gasteiger partial charge in [0.15, 0.2) is 0 Å². The van der Waals surface area contributed by atoms with Gasteiger partial charge < -0.3 is 9.84 Å². The van der Waals surface area contributed by atoms with Gasteiger partial charge in [-0.1, -0.05) is 6.07 Å². The number of hydrogen-bond acceptors (Lipinski definition) is 2. The lowest BCUT2D eigenvalue weighted by Gasteiger charge is -2.14. The van der Waals surface area contributed by atoms with E-state index in [1.807, 2.05) is 0 Å². The fourth-order valence-electron chi connectivity index (χ4n) is 0.928. The van der Waals surface area contributed by atoms with E-state index in [0.29, 0.717) is 6.07 Å². The van der Waals surface area contributed by atoms with Crippen LogP contribution in [0.3, 0.4) is 0 Å². The lowest BCUT2D eigenvalue weighted by molar-refractivity contribution is -0.211. The maximum absolute atomic E-state index is 12.6. The van der Waals surface area contributed by atoms with Crippen molar-refractivity contribution in [2.24, 2.45) is 0 Å². The van der Waals surface area contributed by atoms with Crippen molar-refractivity contribution in [1.29, 1.82) is 0 Å². The maximum Gasteiger partial charge on any atom is 0.501 e. The molecule has 1 N–H and O–H groups in total. The third kappa shape index (κ3) is 3.30. The standard InChI is InChI=1S/C9H5F5O3/c10-8(11,12)5-2-1-3-6(4-5)17-9(13,14)7(15)16/h1-4H,(H,15,16). The molecule has 0 unspecified atom stereocenters. The summed E-state index contributed by atoms with van der Waals surface area (Å²) in [6.07, 6.45) is -9.30. The average molecular weight is 256 g/mol. The highest BCUT2D eigenvalue weighted by molar-refractivity contribution is 5.73. The first-order valence-corrected chi connectivity index (χ1v) is 4.10. The molecular weight excluding hydrogens is 251 g/mol. The Labute approximate surface area is 91.4 Å². The monoisotopic (exact) mass is 256 g/mol. The molecule has 0 heterocycles. The second-order valence-corrected chi connectivity index (χ2v) is 2.95. The Morgan fingerprint density at radius 3 is 2.24 bits per heavy atom. The van der Waals surface area contributed by atoms with Crippen LogP contribution < -0.4 is 4.74 Å². The van der Waals surface area contributed by atoms with Crippen LogP contribution in [0.1, 0.15) is 5.56 Å². The van der Waals surface area contributed by atoms with Crippen molar-refractivity contribution in [2.75, 3.05) is 0 Å². The number of alkyl halides is 5. The second kappa shape index (κ2) is 4.19. The molecule has 0 aliphatic heterocycles. The number of aliphatic carboxylic acids is 1. The summed E-state index contributed by atoms with van der Waals surface area (Å²) in [7, 11) is 0. The van der Waals surface area contributed by atoms with E-state index < -0.39 is 29.6 Å². The molecule has 0 aliphatic carbocycles. The van der Waals surface area contributed by atoms with Gasteiger partial charge in [0.25, 0.3) is 0 Å². The summed E-state index contributed by atoms with van der Waals surface area (Å²) in [4.78, 5) is 10.0. The number of halogens is 5. The first-order chi connectivity index (χ1) is 7.63. The van der Waals surface area contributed by atoms with Gasteiger partial charge in [-0.25, -0.2) is 4.79 Å². The van der Waals surface area contributed by atoms with E-state index in [9.17, 15) is 26.7 Å². The van der Waals surface area contributed by atoms with Gasteiger partial charge in [0.1, 0.15) is 5.75 Å². The zero-order chi connectivity index (χ0) is 13.3. The van der Waals surface area contributed by atoms with Gasteiger partial charge in [-0.05, 0) is 18.2 Å². The number of carbonyl (C=O) groups is 1. The summed E-state index contributed by atoms with van der Waals surface area (Å²) in [5.74, 6) is -3.47. The van der Waals surface area contributed by atoms with Crippen molar-refractivity contribution in [3.8, 4) is 5.75 Å². The molecular formula is C9H5F5O3. The lowest BCUT2D eigenvalue weighted by atomic mass is 10.2. The molecule has 1 rings (SSSR count). The van der Waals surface area contributed by atoms with E-state index >= 15 is 0 Å². The van der Waals surface area contributed by atoms with Crippen LogP contribution in [0.5, 0.6) is 5.75 Å². The van der Waals surface area contributed by atoms with E-state index in [4.69, 9.17) is 5.11 Å². The number of carboxylic acids is 1. The largest absolute Gasteiger partial charge is 0.501 e. The minimum atomic E-state index is -4.72. The Balaban J connectivity index is 2.98. The highest BCUT2D eigenvalue weighted by atomic mass is 19.4. The zero-order valence-electron chi connectivity index (χ0n) is 7.96. The smallest absolute Gasteiger partial charge is 0.474 e. The Morgan fingerprint density at radius 2 is 1.76 bits per heavy atom. The molecule has 0 bridgehead atoms. The SMILES string of the molecule is O=C(O)C(F)(F)Oc1cccc(C(F)(F)F)c1. The first kappa shape index (κ1) is 13.2. The molecule has 3 nitrogen and oxygen atoms in total. The topological polar surface area (TPSA) is 46.5 Å². The van der Waals surface area contributed by atoms with Gasteiger partial charge in [0.2, 0.25) is 0 Å². The average Bonchev–Trinajstić information content (AvgIpc) is 2.15. The second-order valence-electron chi connectivity index (χ2n) is 2.95. The van der Waals surface area contributed by atoms with Gasteiger partial charge >= 0.3 is 18.3 Å². The minimum Gasteiger partial charge on any atom is -0.474 e. The maximum atomic E-state index is 12.6. The quantitative estimate of drug-likeness (QED) is 0.846. The predicted octanol–water partition coefficient (Wildman–Crippen LogP) is 2.76. The van der Waals surface area contributed by atoms with Gasteiger partial charge in [0.05, 0.1) is 5.56 Å². The van der Waals surface area contributed by atoms with Gasteiger partial charge in [-0.15, -0.1) is 0 Å². The predicted molar refractivity (Wildman–Crippen MR) is 44.7 cm³/mol. The summed E-state index contributed by atoms with van der Waals surface area (Å²) in [6, 6.07) is 2.56. The molecule has 0 aromatic heterocycles. The Bertz CT molecular complexity index is 427. The van der Waals surface area contributed by atoms with E-state index in [-0.39, 0.29) is 6.07 Å². The summed E-state index contributed by atoms with van der Waals surface area (Å²) >= 11 is 0. The van der Waals surface area contributed by atoms with Crippen LogP contribution in [0.2, 0.25) is 0 Å². The molecule has 0 spiro atoms. The third-order valence-electron chi connectivity index (χ3n) is 1.66. The van der Waals surface area contributed by atoms with Gasteiger partial charge in [-0.3, -0.25) is 0 Å². The first-order valence-electron chi connectivity index (χ1n) is 4.10. The molecule has 0 saturated heterocycles. The van der Waals surface area contributed by atoms with Crippen LogP contribution in [0, 0.1) is 0 Å². The molecule has 0 amide bonds. The van der Waals surface area contributed by atoms with Crippen LogP contribution in [-0.4, -0.2) is 17.2 Å². The van der Waals surface area contributed by atoms with E-state index in [1.165, 1.54) is 0 Å². The van der Waals surface area contributed by atoms with E-state index in [0.717, 1.165) is 12.1 Å². The molecule has 0 saturated carbocycles. The van der Waals surface area contributed by atoms with Crippen LogP contribution in [-0.2, 0) is 11.0 Å². The molecule has 0 atom stereocenters. The Kier molecular flexibility index (Phi) is 3.25. The van der Waals surface area contributed by atoms with E-state index in [1.54, 1.807) is 0 Å². The summed E-state index contributed by atoms with van der Waals surface area (Å²) in [5, 5.41) is 8.03. The van der Waals surface area contributed by atoms with Gasteiger partial charge in [0, 0.05) is 0 Å². The van der Waals surface area contributed by atoms with Gasteiger partial charge in [-0.2, -0.15) is 22.0 Å². The van der Waals surface area contributed by atoms with Crippen molar-refractivity contribution in [3.63, 3.8) is 0 Å². The van der Waals surface area contributed by atoms with Crippen LogP contribution in [0.25, 0.3) is 0 Å². The van der Waals surface area contributed by atoms with Crippen molar-refractivity contribution in [3.05, 3.63) is 29.8 Å². The third-order valence-corrected chi connectivity index (χ3v) is 1.66. The highest BCUT2D eigenvalue weighted by Gasteiger charge is 2.42. The Hall–Kier alpha value is -1.86. The molecule has 1 aromatic carbocycles. The zero-order valence-corrected chi connectivity index (χ0v) is 7.96. The van der Waals surface area contributed by atoms with Crippen LogP contribution >= 0.6 is 0 Å². The fraction of sp³-hybridized carbons (Fsp3) is 0.222. The number of benzene rings is 1. The van der Waals surface area contributed by atoms with Crippen LogP contribution in [0.4, 0.5) is 22.0 Å². The molecule has 0 fully saturated rings. The fourth-order valence-corrected chi connectivity index (χ4v) is 0.928. The Morgan fingerprint density at radius 1 is 1.18 bits per heavy atom. The minimum absolute atomic E-state index is 0.289. The summed E-state index contributed by atoms with van der Waals surface area (Å²) in [6.45, 7) is 0. The normalized spacial score (nSPS) is 12.3. The van der Waals surface area contributed by atoms with Crippen molar-refractivity contribution in [1.82, 2.24) is 0 Å². The lowest BCUT2D eigenvalue weighted by Crippen LogP contribution is -2.34. The molecule has 8 heteroatoms. The van der Waals surface area contributed by atoms with Crippen LogP contribution in [0.15, 0.2) is 24.3 Å². The van der Waals surface area contributed by atoms with Crippen molar-refractivity contribution in [2.45, 2.75) is 12.3 Å². The molecule has 0 radical (unpaired) electrons. The molecule has 0 aliphatic rings. The van der Waals surface area contributed by atoms with Crippen molar-refractivity contribution >= 4 is 5.97 Å². The molecule has 94 valence electrons. The number of rotatable bonds is 3. The molecule has 17 heavy (non-hydrogen) atoms. The summed E-state index contributed by atoms with van der Waals surface area (Å²) < 4.78 is 65.4.